The first kappa shape index (κ1) is 16.1. The minimum atomic E-state index is -0.460. The molecule has 1 aromatic carbocycles. The smallest absolute Gasteiger partial charge is 0.248 e. The summed E-state index contributed by atoms with van der Waals surface area (Å²) in [4.78, 5) is 27.7. The largest absolute Gasteiger partial charge is 0.379 e. The van der Waals surface area contributed by atoms with Gasteiger partial charge in [0.1, 0.15) is 0 Å². The number of rotatable bonds is 4. The highest BCUT2D eigenvalue weighted by Gasteiger charge is 2.22. The van der Waals surface area contributed by atoms with Crippen LogP contribution in [-0.2, 0) is 28.8 Å². The fourth-order valence-electron chi connectivity index (χ4n) is 3.96. The van der Waals surface area contributed by atoms with Crippen molar-refractivity contribution in [2.75, 3.05) is 13.2 Å². The van der Waals surface area contributed by atoms with Crippen LogP contribution in [0.25, 0.3) is 10.9 Å². The van der Waals surface area contributed by atoms with Crippen molar-refractivity contribution in [1.29, 1.82) is 0 Å². The molecule has 1 aliphatic heterocycles. The summed E-state index contributed by atoms with van der Waals surface area (Å²) >= 11 is 0. The van der Waals surface area contributed by atoms with Gasteiger partial charge in [-0.1, -0.05) is 0 Å². The Morgan fingerprint density at radius 3 is 2.88 bits per heavy atom. The molecule has 6 heteroatoms. The second-order valence-electron chi connectivity index (χ2n) is 7.02. The predicted molar refractivity (Wildman–Crippen MR) is 94.5 cm³/mol. The Kier molecular flexibility index (Phi) is 4.21. The minimum absolute atomic E-state index is 0.0500. The van der Waals surface area contributed by atoms with Gasteiger partial charge in [0.25, 0.3) is 0 Å². The number of benzene rings is 1. The molecule has 1 aromatic heterocycles. The van der Waals surface area contributed by atoms with Crippen molar-refractivity contribution in [3.05, 3.63) is 34.5 Å². The minimum Gasteiger partial charge on any atom is -0.379 e. The Bertz CT molecular complexity index is 834. The predicted octanol–water partition coefficient (Wildman–Crippen LogP) is 1.59. The molecule has 6 nitrogen and oxygen atoms in total. The normalized spacial score (nSPS) is 19.8. The van der Waals surface area contributed by atoms with E-state index in [4.69, 9.17) is 10.5 Å². The van der Waals surface area contributed by atoms with Crippen LogP contribution in [0, 0.1) is 0 Å². The van der Waals surface area contributed by atoms with Gasteiger partial charge in [0, 0.05) is 28.8 Å². The molecule has 0 unspecified atom stereocenters. The second kappa shape index (κ2) is 6.52. The summed E-state index contributed by atoms with van der Waals surface area (Å²) in [6.07, 6.45) is 5.41. The molecular weight excluding hydrogens is 318 g/mol. The quantitative estimate of drug-likeness (QED) is 0.788. The Morgan fingerprint density at radius 1 is 1.28 bits per heavy atom. The molecule has 0 spiro atoms. The van der Waals surface area contributed by atoms with Gasteiger partial charge in [-0.3, -0.25) is 9.59 Å². The van der Waals surface area contributed by atoms with E-state index in [1.165, 1.54) is 17.7 Å². The number of aromatic amines is 1. The molecule has 4 rings (SSSR count). The molecule has 1 fully saturated rings. The van der Waals surface area contributed by atoms with Gasteiger partial charge in [-0.15, -0.1) is 0 Å². The number of fused-ring (bicyclic) bond motifs is 3. The number of aromatic nitrogens is 1. The maximum absolute atomic E-state index is 12.4. The topological polar surface area (TPSA) is 97.2 Å². The van der Waals surface area contributed by atoms with E-state index in [0.717, 1.165) is 42.1 Å². The van der Waals surface area contributed by atoms with E-state index >= 15 is 0 Å². The van der Waals surface area contributed by atoms with Gasteiger partial charge in [0.05, 0.1) is 19.1 Å². The van der Waals surface area contributed by atoms with Gasteiger partial charge >= 0.3 is 0 Å². The number of carbonyl (C=O) groups excluding carboxylic acids is 2. The van der Waals surface area contributed by atoms with Crippen LogP contribution in [0.3, 0.4) is 0 Å². The molecule has 1 aliphatic carbocycles. The third-order valence-corrected chi connectivity index (χ3v) is 5.22. The summed E-state index contributed by atoms with van der Waals surface area (Å²) in [5, 5.41) is 4.05. The van der Waals surface area contributed by atoms with E-state index < -0.39 is 5.91 Å². The SMILES string of the molecule is NC(=O)c1cc(CC(=O)N[C@H]2CCOC2)c2[nH]c3c(c2c1)CCCC3. The van der Waals surface area contributed by atoms with Crippen molar-refractivity contribution in [2.45, 2.75) is 44.6 Å². The first-order valence-corrected chi connectivity index (χ1v) is 8.95. The van der Waals surface area contributed by atoms with E-state index in [1.54, 1.807) is 6.07 Å². The second-order valence-corrected chi connectivity index (χ2v) is 7.02. The Hall–Kier alpha value is -2.34. The Morgan fingerprint density at radius 2 is 2.12 bits per heavy atom. The van der Waals surface area contributed by atoms with E-state index in [0.29, 0.717) is 18.8 Å². The van der Waals surface area contributed by atoms with E-state index in [9.17, 15) is 9.59 Å². The van der Waals surface area contributed by atoms with Crippen molar-refractivity contribution >= 4 is 22.7 Å². The van der Waals surface area contributed by atoms with Gasteiger partial charge in [-0.05, 0) is 55.4 Å². The van der Waals surface area contributed by atoms with Crippen LogP contribution in [0.15, 0.2) is 12.1 Å². The number of hydrogen-bond donors (Lipinski definition) is 3. The number of amides is 2. The molecule has 1 atom stereocenters. The lowest BCUT2D eigenvalue weighted by Gasteiger charge is -2.12. The Balaban J connectivity index is 1.69. The lowest BCUT2D eigenvalue weighted by Crippen LogP contribution is -2.36. The van der Waals surface area contributed by atoms with Crippen LogP contribution in [-0.4, -0.2) is 36.1 Å². The average Bonchev–Trinajstić information content (AvgIpc) is 3.22. The molecule has 1 saturated heterocycles. The fourth-order valence-corrected chi connectivity index (χ4v) is 3.96. The number of nitrogens with one attached hydrogen (secondary N) is 2. The average molecular weight is 341 g/mol. The third-order valence-electron chi connectivity index (χ3n) is 5.22. The molecule has 2 amide bonds. The van der Waals surface area contributed by atoms with Crippen molar-refractivity contribution in [3.8, 4) is 0 Å². The van der Waals surface area contributed by atoms with Gasteiger partial charge in [0.15, 0.2) is 0 Å². The van der Waals surface area contributed by atoms with E-state index in [2.05, 4.69) is 10.3 Å². The molecule has 2 aliphatic rings. The van der Waals surface area contributed by atoms with Crippen LogP contribution in [0.4, 0.5) is 0 Å². The molecule has 25 heavy (non-hydrogen) atoms. The summed E-state index contributed by atoms with van der Waals surface area (Å²) in [5.74, 6) is -0.510. The zero-order chi connectivity index (χ0) is 17.4. The number of ether oxygens (including phenoxy) is 1. The van der Waals surface area contributed by atoms with Gasteiger partial charge in [0.2, 0.25) is 11.8 Å². The van der Waals surface area contributed by atoms with Crippen LogP contribution in [0.5, 0.6) is 0 Å². The summed E-state index contributed by atoms with van der Waals surface area (Å²) in [6, 6.07) is 3.70. The third kappa shape index (κ3) is 3.14. The molecular formula is C19H23N3O3. The van der Waals surface area contributed by atoms with Crippen molar-refractivity contribution in [3.63, 3.8) is 0 Å². The number of aryl methyl sites for hydroxylation is 2. The standard InChI is InChI=1S/C19H23N3O3/c20-19(24)12-7-11(9-17(23)21-13-5-6-25-10-13)18-15(8-12)14-3-1-2-4-16(14)22-18/h7-8,13,22H,1-6,9-10H2,(H2,20,24)(H,21,23)/t13-/m0/s1. The van der Waals surface area contributed by atoms with Crippen molar-refractivity contribution in [1.82, 2.24) is 10.3 Å². The maximum Gasteiger partial charge on any atom is 0.248 e. The van der Waals surface area contributed by atoms with Gasteiger partial charge in [-0.25, -0.2) is 0 Å². The summed E-state index contributed by atoms with van der Waals surface area (Å²) in [5.41, 5.74) is 10.3. The Labute approximate surface area is 146 Å². The highest BCUT2D eigenvalue weighted by atomic mass is 16.5. The number of carbonyl (C=O) groups is 2. The van der Waals surface area contributed by atoms with Gasteiger partial charge in [-0.2, -0.15) is 0 Å². The first-order valence-electron chi connectivity index (χ1n) is 8.95. The summed E-state index contributed by atoms with van der Waals surface area (Å²) in [6.45, 7) is 1.26. The molecule has 132 valence electrons. The van der Waals surface area contributed by atoms with Crippen molar-refractivity contribution < 1.29 is 14.3 Å². The molecule has 0 radical (unpaired) electrons. The van der Waals surface area contributed by atoms with Crippen molar-refractivity contribution in [2.24, 2.45) is 5.73 Å². The lowest BCUT2D eigenvalue weighted by molar-refractivity contribution is -0.121. The number of hydrogen-bond acceptors (Lipinski definition) is 3. The number of nitrogens with two attached hydrogens (primary N) is 1. The first-order chi connectivity index (χ1) is 12.1. The lowest BCUT2D eigenvalue weighted by atomic mass is 9.94. The maximum atomic E-state index is 12.4. The summed E-state index contributed by atoms with van der Waals surface area (Å²) in [7, 11) is 0. The van der Waals surface area contributed by atoms with E-state index in [1.807, 2.05) is 6.07 Å². The van der Waals surface area contributed by atoms with Crippen LogP contribution < -0.4 is 11.1 Å². The molecule has 2 heterocycles. The van der Waals surface area contributed by atoms with Crippen LogP contribution in [0.2, 0.25) is 0 Å². The number of H-pyrrole nitrogens is 1. The van der Waals surface area contributed by atoms with E-state index in [-0.39, 0.29) is 18.4 Å². The van der Waals surface area contributed by atoms with Crippen LogP contribution in [0.1, 0.15) is 46.4 Å². The molecule has 4 N–H and O–H groups in total. The molecule has 2 aromatic rings. The van der Waals surface area contributed by atoms with Gasteiger partial charge < -0.3 is 20.8 Å². The molecule has 0 bridgehead atoms. The monoisotopic (exact) mass is 341 g/mol. The van der Waals surface area contributed by atoms with Crippen LogP contribution >= 0.6 is 0 Å². The zero-order valence-electron chi connectivity index (χ0n) is 14.2. The zero-order valence-corrected chi connectivity index (χ0v) is 14.2. The highest BCUT2D eigenvalue weighted by Crippen LogP contribution is 2.32. The fraction of sp³-hybridized carbons (Fsp3) is 0.474. The highest BCUT2D eigenvalue weighted by molar-refractivity contribution is 6.00. The number of primary amides is 1. The summed E-state index contributed by atoms with van der Waals surface area (Å²) < 4.78 is 5.30. The molecule has 0 saturated carbocycles.